The molecule has 9 heteroatoms. The van der Waals surface area contributed by atoms with E-state index in [0.29, 0.717) is 17.9 Å². The maximum absolute atomic E-state index is 12.3. The number of amides is 1. The molecule has 0 bridgehead atoms. The third-order valence-corrected chi connectivity index (χ3v) is 4.93. The minimum absolute atomic E-state index is 0.0919. The normalized spacial score (nSPS) is 11.5. The van der Waals surface area contributed by atoms with Crippen molar-refractivity contribution >= 4 is 23.3 Å². The molecule has 0 unspecified atom stereocenters. The van der Waals surface area contributed by atoms with Crippen molar-refractivity contribution in [2.45, 2.75) is 26.3 Å². The van der Waals surface area contributed by atoms with Crippen LogP contribution >= 0.6 is 11.3 Å². The van der Waals surface area contributed by atoms with Crippen LogP contribution in [-0.2, 0) is 17.9 Å². The summed E-state index contributed by atoms with van der Waals surface area (Å²) < 4.78 is 47.3. The van der Waals surface area contributed by atoms with Crippen LogP contribution in [0.1, 0.15) is 21.8 Å². The summed E-state index contributed by atoms with van der Waals surface area (Å²) in [4.78, 5) is 16.5. The molecule has 1 aromatic heterocycles. The fraction of sp³-hybridized carbons (Fsp3) is 0.217. The Kier molecular flexibility index (Phi) is 7.88. The molecule has 2 aromatic carbocycles. The summed E-state index contributed by atoms with van der Waals surface area (Å²) in [5, 5.41) is 5.62. The highest BCUT2D eigenvalue weighted by Crippen LogP contribution is 2.20. The summed E-state index contributed by atoms with van der Waals surface area (Å²) in [5.74, 6) is 0.416. The number of alkyl halides is 3. The van der Waals surface area contributed by atoms with E-state index in [1.54, 1.807) is 29.5 Å². The number of hydrogen-bond donors (Lipinski definition) is 1. The van der Waals surface area contributed by atoms with Crippen molar-refractivity contribution in [3.8, 4) is 11.5 Å². The van der Waals surface area contributed by atoms with Crippen molar-refractivity contribution < 1.29 is 27.4 Å². The third kappa shape index (κ3) is 8.07. The van der Waals surface area contributed by atoms with Gasteiger partial charge in [-0.15, -0.1) is 11.3 Å². The van der Waals surface area contributed by atoms with Gasteiger partial charge in [0.2, 0.25) is 5.91 Å². The number of carbonyl (C=O) groups is 1. The smallest absolute Gasteiger partial charge is 0.422 e. The quantitative estimate of drug-likeness (QED) is 0.439. The van der Waals surface area contributed by atoms with E-state index in [4.69, 9.17) is 9.47 Å². The summed E-state index contributed by atoms with van der Waals surface area (Å²) in [6.07, 6.45) is -1.37. The molecule has 0 aliphatic carbocycles. The lowest BCUT2D eigenvalue weighted by Gasteiger charge is -2.10. The van der Waals surface area contributed by atoms with Crippen LogP contribution in [0.15, 0.2) is 60.0 Å². The Bertz CT molecular complexity index is 1080. The number of aryl methyl sites for hydroxylation is 1. The first-order valence-corrected chi connectivity index (χ1v) is 10.5. The Morgan fingerprint density at radius 2 is 1.88 bits per heavy atom. The molecule has 5 nitrogen and oxygen atoms in total. The van der Waals surface area contributed by atoms with Crippen molar-refractivity contribution in [3.63, 3.8) is 0 Å². The molecule has 0 saturated carbocycles. The van der Waals surface area contributed by atoms with Gasteiger partial charge < -0.3 is 14.8 Å². The number of carbonyl (C=O) groups excluding carboxylic acids is 1. The van der Waals surface area contributed by atoms with Crippen LogP contribution in [0, 0.1) is 6.92 Å². The molecule has 3 rings (SSSR count). The Morgan fingerprint density at radius 1 is 1.12 bits per heavy atom. The van der Waals surface area contributed by atoms with Crippen LogP contribution in [0.4, 0.5) is 13.2 Å². The molecule has 168 valence electrons. The van der Waals surface area contributed by atoms with E-state index in [-0.39, 0.29) is 18.2 Å². The number of ether oxygens (including phenoxy) is 2. The lowest BCUT2D eigenvalue weighted by molar-refractivity contribution is -0.153. The molecule has 0 aliphatic rings. The first-order valence-electron chi connectivity index (χ1n) is 9.65. The summed E-state index contributed by atoms with van der Waals surface area (Å²) in [7, 11) is 0. The second kappa shape index (κ2) is 10.8. The van der Waals surface area contributed by atoms with Gasteiger partial charge in [-0.25, -0.2) is 4.98 Å². The van der Waals surface area contributed by atoms with Gasteiger partial charge in [-0.3, -0.25) is 4.79 Å². The zero-order valence-electron chi connectivity index (χ0n) is 17.2. The maximum Gasteiger partial charge on any atom is 0.422 e. The SMILES string of the molecule is Cc1nc(COc2cccc(C=CC(=O)NCc3cccc(OCC(F)(F)F)c3)c2)cs1. The molecule has 0 spiro atoms. The summed E-state index contributed by atoms with van der Waals surface area (Å²) >= 11 is 1.56. The highest BCUT2D eigenvalue weighted by atomic mass is 32.1. The molecule has 0 aliphatic heterocycles. The van der Waals surface area contributed by atoms with Gasteiger partial charge in [0, 0.05) is 18.0 Å². The average molecular weight is 462 g/mol. The number of nitrogens with one attached hydrogen (secondary N) is 1. The van der Waals surface area contributed by atoms with Crippen LogP contribution < -0.4 is 14.8 Å². The van der Waals surface area contributed by atoms with Crippen LogP contribution in [0.5, 0.6) is 11.5 Å². The van der Waals surface area contributed by atoms with E-state index >= 15 is 0 Å². The predicted octanol–water partition coefficient (Wildman–Crippen LogP) is 5.30. The van der Waals surface area contributed by atoms with E-state index in [9.17, 15) is 18.0 Å². The fourth-order valence-electron chi connectivity index (χ4n) is 2.67. The molecule has 1 N–H and O–H groups in total. The summed E-state index contributed by atoms with van der Waals surface area (Å²) in [6, 6.07) is 13.4. The Hall–Kier alpha value is -3.33. The number of hydrogen-bond acceptors (Lipinski definition) is 5. The molecule has 0 fully saturated rings. The van der Waals surface area contributed by atoms with E-state index in [0.717, 1.165) is 16.3 Å². The van der Waals surface area contributed by atoms with Crippen LogP contribution in [0.3, 0.4) is 0 Å². The Balaban J connectivity index is 1.49. The van der Waals surface area contributed by atoms with Gasteiger partial charge >= 0.3 is 6.18 Å². The van der Waals surface area contributed by atoms with Gasteiger partial charge in [-0.2, -0.15) is 13.2 Å². The van der Waals surface area contributed by atoms with Gasteiger partial charge in [0.15, 0.2) is 6.61 Å². The van der Waals surface area contributed by atoms with Gasteiger partial charge in [0.25, 0.3) is 0 Å². The zero-order chi connectivity index (χ0) is 23.0. The number of thiazole rings is 1. The molecule has 1 heterocycles. The second-order valence-corrected chi connectivity index (χ2v) is 7.88. The fourth-order valence-corrected chi connectivity index (χ4v) is 3.27. The molecule has 0 saturated heterocycles. The van der Waals surface area contributed by atoms with E-state index in [1.165, 1.54) is 18.2 Å². The van der Waals surface area contributed by atoms with Crippen LogP contribution in [-0.4, -0.2) is 23.7 Å². The number of benzene rings is 2. The van der Waals surface area contributed by atoms with Crippen molar-refractivity contribution in [1.82, 2.24) is 10.3 Å². The van der Waals surface area contributed by atoms with E-state index in [2.05, 4.69) is 10.3 Å². The van der Waals surface area contributed by atoms with Crippen LogP contribution in [0.2, 0.25) is 0 Å². The summed E-state index contributed by atoms with van der Waals surface area (Å²) in [6.45, 7) is 1.09. The molecular weight excluding hydrogens is 441 g/mol. The van der Waals surface area contributed by atoms with Crippen molar-refractivity contribution in [1.29, 1.82) is 0 Å². The van der Waals surface area contributed by atoms with Gasteiger partial charge in [0.05, 0.1) is 10.7 Å². The predicted molar refractivity (Wildman–Crippen MR) is 116 cm³/mol. The molecule has 3 aromatic rings. The first-order chi connectivity index (χ1) is 15.3. The first kappa shape index (κ1) is 23.3. The highest BCUT2D eigenvalue weighted by molar-refractivity contribution is 7.09. The molecule has 0 radical (unpaired) electrons. The minimum atomic E-state index is -4.41. The Labute approximate surface area is 187 Å². The molecule has 0 atom stereocenters. The van der Waals surface area contributed by atoms with Gasteiger partial charge in [0.1, 0.15) is 18.1 Å². The average Bonchev–Trinajstić information content (AvgIpc) is 3.19. The largest absolute Gasteiger partial charge is 0.487 e. The number of halogens is 3. The second-order valence-electron chi connectivity index (χ2n) is 6.82. The molecule has 1 amide bonds. The van der Waals surface area contributed by atoms with Crippen molar-refractivity contribution in [3.05, 3.63) is 81.8 Å². The lowest BCUT2D eigenvalue weighted by Crippen LogP contribution is -2.21. The van der Waals surface area contributed by atoms with Crippen LogP contribution in [0.25, 0.3) is 6.08 Å². The van der Waals surface area contributed by atoms with E-state index < -0.39 is 12.8 Å². The topological polar surface area (TPSA) is 60.5 Å². The number of rotatable bonds is 9. The lowest BCUT2D eigenvalue weighted by atomic mass is 10.2. The van der Waals surface area contributed by atoms with Crippen molar-refractivity contribution in [2.75, 3.05) is 6.61 Å². The zero-order valence-corrected chi connectivity index (χ0v) is 18.0. The minimum Gasteiger partial charge on any atom is -0.487 e. The van der Waals surface area contributed by atoms with Gasteiger partial charge in [-0.1, -0.05) is 24.3 Å². The Morgan fingerprint density at radius 3 is 2.59 bits per heavy atom. The van der Waals surface area contributed by atoms with Gasteiger partial charge in [-0.05, 0) is 48.4 Å². The highest BCUT2D eigenvalue weighted by Gasteiger charge is 2.28. The monoisotopic (exact) mass is 462 g/mol. The maximum atomic E-state index is 12.3. The molecular formula is C23H21F3N2O3S. The third-order valence-electron chi connectivity index (χ3n) is 4.11. The summed E-state index contributed by atoms with van der Waals surface area (Å²) in [5.41, 5.74) is 2.27. The molecule has 32 heavy (non-hydrogen) atoms. The standard InChI is InChI=1S/C23H21F3N2O3S/c1-16-28-19(14-32-16)13-30-20-6-2-4-17(10-20)8-9-22(29)27-12-18-5-3-7-21(11-18)31-15-23(24,25)26/h2-11,14H,12-13,15H2,1H3,(H,27,29). The number of aromatic nitrogens is 1. The van der Waals surface area contributed by atoms with E-state index in [1.807, 2.05) is 36.6 Å². The number of nitrogens with zero attached hydrogens (tertiary/aromatic N) is 1. The van der Waals surface area contributed by atoms with Crippen molar-refractivity contribution in [2.24, 2.45) is 0 Å².